The molecule has 0 aliphatic rings. The third kappa shape index (κ3) is 3.38. The first kappa shape index (κ1) is 19.4. The molecule has 26 heavy (non-hydrogen) atoms. The Balaban J connectivity index is 2.40. The summed E-state index contributed by atoms with van der Waals surface area (Å²) in [5.41, 5.74) is -0.253. The van der Waals surface area contributed by atoms with Crippen LogP contribution in [0.25, 0.3) is 0 Å². The molecule has 5 nitrogen and oxygen atoms in total. The van der Waals surface area contributed by atoms with Crippen molar-refractivity contribution >= 4 is 17.7 Å². The van der Waals surface area contributed by atoms with Crippen molar-refractivity contribution in [3.05, 3.63) is 71.3 Å². The molecule has 0 aliphatic carbocycles. The number of aliphatic carboxylic acids is 2. The Morgan fingerprint density at radius 3 is 1.77 bits per heavy atom. The fraction of sp³-hybridized carbons (Fsp3) is 0.286. The van der Waals surface area contributed by atoms with Crippen LogP contribution in [0.5, 0.6) is 0 Å². The van der Waals surface area contributed by atoms with E-state index in [2.05, 4.69) is 0 Å². The zero-order valence-electron chi connectivity index (χ0n) is 14.8. The predicted molar refractivity (Wildman–Crippen MR) is 97.3 cm³/mol. The number of carboxylic acids is 2. The monoisotopic (exact) mass is 354 g/mol. The average molecular weight is 354 g/mol. The smallest absolute Gasteiger partial charge is 0.321 e. The second-order valence-electron chi connectivity index (χ2n) is 6.21. The molecule has 0 saturated carbocycles. The van der Waals surface area contributed by atoms with Gasteiger partial charge in [0.1, 0.15) is 0 Å². The van der Waals surface area contributed by atoms with E-state index < -0.39 is 23.3 Å². The van der Waals surface area contributed by atoms with Crippen LogP contribution in [0, 0.1) is 5.41 Å². The van der Waals surface area contributed by atoms with Crippen molar-refractivity contribution in [2.75, 3.05) is 0 Å². The van der Waals surface area contributed by atoms with Crippen LogP contribution in [0.3, 0.4) is 0 Å². The molecule has 0 saturated heterocycles. The predicted octanol–water partition coefficient (Wildman–Crippen LogP) is 3.98. The van der Waals surface area contributed by atoms with Crippen LogP contribution in [0.4, 0.5) is 0 Å². The standard InChI is InChI=1S/C21H22O5/c1-3-17(21(4-2,19(23)24)20(25)26)14-10-12-16(13-11-14)18(22)15-8-6-5-7-9-15/h5-13,17H,3-4H2,1-2H3,(H,23,24)(H,25,26). The summed E-state index contributed by atoms with van der Waals surface area (Å²) < 4.78 is 0. The highest BCUT2D eigenvalue weighted by Crippen LogP contribution is 2.42. The maximum atomic E-state index is 12.5. The third-order valence-corrected chi connectivity index (χ3v) is 4.94. The highest BCUT2D eigenvalue weighted by atomic mass is 16.4. The Bertz CT molecular complexity index is 779. The lowest BCUT2D eigenvalue weighted by Gasteiger charge is -2.32. The molecule has 5 heteroatoms. The Kier molecular flexibility index (Phi) is 5.93. The molecular weight excluding hydrogens is 332 g/mol. The summed E-state index contributed by atoms with van der Waals surface area (Å²) in [7, 11) is 0. The molecule has 2 aromatic carbocycles. The van der Waals surface area contributed by atoms with Crippen LogP contribution in [0.15, 0.2) is 54.6 Å². The van der Waals surface area contributed by atoms with E-state index in [-0.39, 0.29) is 12.2 Å². The van der Waals surface area contributed by atoms with Crippen LogP contribution < -0.4 is 0 Å². The number of hydrogen-bond acceptors (Lipinski definition) is 3. The van der Waals surface area contributed by atoms with E-state index in [1.165, 1.54) is 0 Å². The zero-order valence-corrected chi connectivity index (χ0v) is 14.8. The molecule has 0 spiro atoms. The van der Waals surface area contributed by atoms with Gasteiger partial charge in [-0.05, 0) is 18.4 Å². The molecule has 0 aliphatic heterocycles. The molecule has 0 amide bonds. The lowest BCUT2D eigenvalue weighted by atomic mass is 9.68. The van der Waals surface area contributed by atoms with E-state index in [1.54, 1.807) is 62.4 Å². The van der Waals surface area contributed by atoms with Gasteiger partial charge in [0, 0.05) is 17.0 Å². The summed E-state index contributed by atoms with van der Waals surface area (Å²) in [4.78, 5) is 36.1. The molecule has 0 fully saturated rings. The maximum Gasteiger partial charge on any atom is 0.321 e. The molecule has 0 bridgehead atoms. The summed E-state index contributed by atoms with van der Waals surface area (Å²) in [6.45, 7) is 3.34. The fourth-order valence-electron chi connectivity index (χ4n) is 3.43. The molecule has 2 N–H and O–H groups in total. The van der Waals surface area contributed by atoms with Gasteiger partial charge in [-0.1, -0.05) is 68.4 Å². The molecule has 2 rings (SSSR count). The van der Waals surface area contributed by atoms with Crippen molar-refractivity contribution in [2.24, 2.45) is 5.41 Å². The minimum Gasteiger partial charge on any atom is -0.480 e. The second-order valence-corrected chi connectivity index (χ2v) is 6.21. The second kappa shape index (κ2) is 7.95. The normalized spacial score (nSPS) is 12.4. The van der Waals surface area contributed by atoms with Gasteiger partial charge in [-0.25, -0.2) is 0 Å². The van der Waals surface area contributed by atoms with E-state index in [9.17, 15) is 24.6 Å². The summed E-state index contributed by atoms with van der Waals surface area (Å²) >= 11 is 0. The molecule has 1 atom stereocenters. The quantitative estimate of drug-likeness (QED) is 0.553. The third-order valence-electron chi connectivity index (χ3n) is 4.94. The number of benzene rings is 2. The van der Waals surface area contributed by atoms with Gasteiger partial charge < -0.3 is 10.2 Å². The minimum absolute atomic E-state index is 0.0269. The van der Waals surface area contributed by atoms with Gasteiger partial charge >= 0.3 is 11.9 Å². The van der Waals surface area contributed by atoms with E-state index in [0.717, 1.165) is 0 Å². The van der Waals surface area contributed by atoms with Gasteiger partial charge in [-0.15, -0.1) is 0 Å². The number of rotatable bonds is 8. The van der Waals surface area contributed by atoms with Crippen molar-refractivity contribution in [2.45, 2.75) is 32.6 Å². The Morgan fingerprint density at radius 1 is 0.846 bits per heavy atom. The van der Waals surface area contributed by atoms with E-state index in [4.69, 9.17) is 0 Å². The Hall–Kier alpha value is -2.95. The highest BCUT2D eigenvalue weighted by molar-refractivity contribution is 6.09. The first-order valence-electron chi connectivity index (χ1n) is 8.55. The number of carbonyl (C=O) groups is 3. The topological polar surface area (TPSA) is 91.7 Å². The van der Waals surface area contributed by atoms with Crippen molar-refractivity contribution < 1.29 is 24.6 Å². The first-order valence-corrected chi connectivity index (χ1v) is 8.55. The van der Waals surface area contributed by atoms with Crippen molar-refractivity contribution in [1.82, 2.24) is 0 Å². The van der Waals surface area contributed by atoms with Crippen LogP contribution in [-0.4, -0.2) is 27.9 Å². The Labute approximate surface area is 152 Å². The van der Waals surface area contributed by atoms with Crippen LogP contribution in [0.2, 0.25) is 0 Å². The van der Waals surface area contributed by atoms with Crippen LogP contribution in [0.1, 0.15) is 54.1 Å². The van der Waals surface area contributed by atoms with Gasteiger partial charge in [0.2, 0.25) is 0 Å². The lowest BCUT2D eigenvalue weighted by molar-refractivity contribution is -0.167. The number of ketones is 1. The molecule has 0 aromatic heterocycles. The molecule has 136 valence electrons. The molecular formula is C21H22O5. The first-order chi connectivity index (χ1) is 12.4. The van der Waals surface area contributed by atoms with Gasteiger partial charge in [-0.2, -0.15) is 0 Å². The summed E-state index contributed by atoms with van der Waals surface area (Å²) in [5.74, 6) is -3.51. The maximum absolute atomic E-state index is 12.5. The van der Waals surface area contributed by atoms with Gasteiger partial charge in [-0.3, -0.25) is 14.4 Å². The minimum atomic E-state index is -1.89. The number of hydrogen-bond donors (Lipinski definition) is 2. The van der Waals surface area contributed by atoms with E-state index >= 15 is 0 Å². The number of carbonyl (C=O) groups excluding carboxylic acids is 1. The molecule has 2 aromatic rings. The fourth-order valence-corrected chi connectivity index (χ4v) is 3.43. The highest BCUT2D eigenvalue weighted by Gasteiger charge is 2.51. The zero-order chi connectivity index (χ0) is 19.3. The van der Waals surface area contributed by atoms with Gasteiger partial charge in [0.25, 0.3) is 0 Å². The molecule has 1 unspecified atom stereocenters. The SMILES string of the molecule is CCC(c1ccc(C(=O)c2ccccc2)cc1)C(CC)(C(=O)O)C(=O)O. The van der Waals surface area contributed by atoms with Crippen molar-refractivity contribution in [3.8, 4) is 0 Å². The lowest BCUT2D eigenvalue weighted by Crippen LogP contribution is -2.44. The van der Waals surface area contributed by atoms with Crippen LogP contribution in [-0.2, 0) is 9.59 Å². The van der Waals surface area contributed by atoms with Crippen molar-refractivity contribution in [3.63, 3.8) is 0 Å². The summed E-state index contributed by atoms with van der Waals surface area (Å²) in [5, 5.41) is 19.2. The van der Waals surface area contributed by atoms with E-state index in [0.29, 0.717) is 23.1 Å². The summed E-state index contributed by atoms with van der Waals surface area (Å²) in [6.07, 6.45) is 0.333. The van der Waals surface area contributed by atoms with Crippen molar-refractivity contribution in [1.29, 1.82) is 0 Å². The van der Waals surface area contributed by atoms with Gasteiger partial charge in [0.15, 0.2) is 11.2 Å². The van der Waals surface area contributed by atoms with E-state index in [1.807, 2.05) is 6.07 Å². The summed E-state index contributed by atoms with van der Waals surface area (Å²) in [6, 6.07) is 15.4. The van der Waals surface area contributed by atoms with Crippen LogP contribution >= 0.6 is 0 Å². The Morgan fingerprint density at radius 2 is 1.35 bits per heavy atom. The van der Waals surface area contributed by atoms with Gasteiger partial charge in [0.05, 0.1) is 0 Å². The molecule has 0 heterocycles. The largest absolute Gasteiger partial charge is 0.480 e. The average Bonchev–Trinajstić information content (AvgIpc) is 2.65. The molecule has 0 radical (unpaired) electrons. The number of carboxylic acid groups (broad SMARTS) is 2.